The minimum Gasteiger partial charge on any atom is -0.336 e. The summed E-state index contributed by atoms with van der Waals surface area (Å²) in [5, 5.41) is 11.2. The maximum Gasteiger partial charge on any atom is 0.288 e. The fraction of sp³-hybridized carbons (Fsp3) is 0.222. The normalized spacial score (nSPS) is 11.6. The molecule has 0 aromatic carbocycles. The molecule has 0 amide bonds. The van der Waals surface area contributed by atoms with Gasteiger partial charge in [-0.1, -0.05) is 0 Å². The molecule has 0 saturated carbocycles. The maximum absolute atomic E-state index is 11.6. The molecule has 76 valence electrons. The molecule has 3 aromatic heterocycles. The van der Waals surface area contributed by atoms with Crippen molar-refractivity contribution in [1.29, 1.82) is 0 Å². The Morgan fingerprint density at radius 2 is 2.07 bits per heavy atom. The van der Waals surface area contributed by atoms with E-state index in [9.17, 15) is 4.79 Å². The van der Waals surface area contributed by atoms with Crippen LogP contribution in [0.25, 0.3) is 21.9 Å². The lowest BCUT2D eigenvalue weighted by Gasteiger charge is -1.93. The van der Waals surface area contributed by atoms with Crippen molar-refractivity contribution in [3.05, 3.63) is 22.7 Å². The van der Waals surface area contributed by atoms with Gasteiger partial charge in [-0.2, -0.15) is 10.2 Å². The number of H-pyrrole nitrogens is 1. The number of rotatable bonds is 0. The van der Waals surface area contributed by atoms with Crippen LogP contribution in [-0.2, 0) is 14.1 Å². The zero-order valence-electron chi connectivity index (χ0n) is 8.35. The molecule has 0 fully saturated rings. The zero-order valence-corrected chi connectivity index (χ0v) is 8.35. The van der Waals surface area contributed by atoms with E-state index >= 15 is 0 Å². The number of nitrogens with zero attached hydrogens (tertiary/aromatic N) is 4. The first-order valence-corrected chi connectivity index (χ1v) is 4.54. The number of hydrogen-bond acceptors (Lipinski definition) is 3. The predicted octanol–water partition coefficient (Wildman–Crippen LogP) is 0.148. The average molecular weight is 203 g/mol. The minimum atomic E-state index is -0.175. The number of fused-ring (bicyclic) bond motifs is 3. The van der Waals surface area contributed by atoms with E-state index in [1.54, 1.807) is 17.1 Å². The van der Waals surface area contributed by atoms with Crippen LogP contribution in [0.2, 0.25) is 0 Å². The van der Waals surface area contributed by atoms with E-state index in [-0.39, 0.29) is 5.56 Å². The number of aryl methyl sites for hydroxylation is 2. The number of aromatic amines is 1. The smallest absolute Gasteiger partial charge is 0.288 e. The van der Waals surface area contributed by atoms with Crippen LogP contribution in [0.3, 0.4) is 0 Å². The van der Waals surface area contributed by atoms with Crippen molar-refractivity contribution >= 4 is 21.9 Å². The third-order valence-electron chi connectivity index (χ3n) is 2.70. The lowest BCUT2D eigenvalue weighted by Crippen LogP contribution is -2.10. The molecule has 0 bridgehead atoms. The summed E-state index contributed by atoms with van der Waals surface area (Å²) < 4.78 is 3.58. The Morgan fingerprint density at radius 3 is 2.87 bits per heavy atom. The Hall–Kier alpha value is -2.11. The van der Waals surface area contributed by atoms with Gasteiger partial charge < -0.3 is 4.57 Å². The van der Waals surface area contributed by atoms with Crippen molar-refractivity contribution < 1.29 is 0 Å². The molecule has 3 heterocycles. The molecule has 0 unspecified atom stereocenters. The first kappa shape index (κ1) is 8.22. The van der Waals surface area contributed by atoms with Gasteiger partial charge in [-0.3, -0.25) is 9.48 Å². The van der Waals surface area contributed by atoms with E-state index in [1.807, 2.05) is 18.7 Å². The monoisotopic (exact) mass is 203 g/mol. The molecule has 3 rings (SSSR count). The van der Waals surface area contributed by atoms with Gasteiger partial charge in [-0.25, -0.2) is 5.10 Å². The lowest BCUT2D eigenvalue weighted by molar-refractivity contribution is 0.798. The standard InChI is InChI=1S/C9H9N5O/c1-13-6-4-11-14(2)7(6)5-3-10-12-9(15)8(5)13/h3-4H,1-2H3,(H,12,15). The largest absolute Gasteiger partial charge is 0.336 e. The topological polar surface area (TPSA) is 68.5 Å². The fourth-order valence-electron chi connectivity index (χ4n) is 2.00. The molecular formula is C9H9N5O. The van der Waals surface area contributed by atoms with Crippen molar-refractivity contribution in [3.63, 3.8) is 0 Å². The zero-order chi connectivity index (χ0) is 10.6. The van der Waals surface area contributed by atoms with Crippen LogP contribution in [0, 0.1) is 0 Å². The molecule has 0 aliphatic carbocycles. The van der Waals surface area contributed by atoms with Gasteiger partial charge in [0, 0.05) is 14.1 Å². The second kappa shape index (κ2) is 2.47. The van der Waals surface area contributed by atoms with Crippen LogP contribution in [0.4, 0.5) is 0 Å². The van der Waals surface area contributed by atoms with E-state index in [1.165, 1.54) is 0 Å². The van der Waals surface area contributed by atoms with Crippen LogP contribution in [-0.4, -0.2) is 24.5 Å². The van der Waals surface area contributed by atoms with Crippen molar-refractivity contribution in [2.45, 2.75) is 0 Å². The van der Waals surface area contributed by atoms with Crippen molar-refractivity contribution in [2.24, 2.45) is 14.1 Å². The molecule has 3 aromatic rings. The van der Waals surface area contributed by atoms with Gasteiger partial charge in [0.15, 0.2) is 0 Å². The summed E-state index contributed by atoms with van der Waals surface area (Å²) in [7, 11) is 3.70. The van der Waals surface area contributed by atoms with E-state index < -0.39 is 0 Å². The Bertz CT molecular complexity index is 717. The molecular weight excluding hydrogens is 194 g/mol. The second-order valence-corrected chi connectivity index (χ2v) is 3.52. The van der Waals surface area contributed by atoms with Gasteiger partial charge in [0.25, 0.3) is 5.56 Å². The number of hydrogen-bond donors (Lipinski definition) is 1. The van der Waals surface area contributed by atoms with Crippen LogP contribution < -0.4 is 5.56 Å². The summed E-state index contributed by atoms with van der Waals surface area (Å²) in [6.07, 6.45) is 3.40. The highest BCUT2D eigenvalue weighted by molar-refractivity contribution is 6.04. The first-order chi connectivity index (χ1) is 7.20. The van der Waals surface area contributed by atoms with Gasteiger partial charge in [-0.15, -0.1) is 0 Å². The highest BCUT2D eigenvalue weighted by atomic mass is 16.1. The molecule has 0 aliphatic rings. The molecule has 1 N–H and O–H groups in total. The van der Waals surface area contributed by atoms with Gasteiger partial charge in [0.05, 0.1) is 28.8 Å². The minimum absolute atomic E-state index is 0.175. The van der Waals surface area contributed by atoms with E-state index in [0.717, 1.165) is 16.4 Å². The van der Waals surface area contributed by atoms with Crippen LogP contribution in [0.5, 0.6) is 0 Å². The molecule has 6 heteroatoms. The first-order valence-electron chi connectivity index (χ1n) is 4.54. The summed E-state index contributed by atoms with van der Waals surface area (Å²) >= 11 is 0. The Morgan fingerprint density at radius 1 is 1.27 bits per heavy atom. The summed E-state index contributed by atoms with van der Waals surface area (Å²) in [5.41, 5.74) is 2.33. The van der Waals surface area contributed by atoms with Crippen LogP contribution in [0.15, 0.2) is 17.2 Å². The molecule has 0 spiro atoms. The van der Waals surface area contributed by atoms with E-state index in [4.69, 9.17) is 0 Å². The van der Waals surface area contributed by atoms with Crippen molar-refractivity contribution in [1.82, 2.24) is 24.5 Å². The SMILES string of the molecule is Cn1ncc2c1c1cn[nH]c(=O)c1n2C. The molecule has 0 atom stereocenters. The van der Waals surface area contributed by atoms with Crippen molar-refractivity contribution in [2.75, 3.05) is 0 Å². The quantitative estimate of drug-likeness (QED) is 0.565. The van der Waals surface area contributed by atoms with Crippen LogP contribution in [0.1, 0.15) is 0 Å². The van der Waals surface area contributed by atoms with E-state index in [0.29, 0.717) is 5.52 Å². The Labute approximate surface area is 84.1 Å². The molecule has 15 heavy (non-hydrogen) atoms. The Kier molecular flexibility index (Phi) is 1.35. The summed E-state index contributed by atoms with van der Waals surface area (Å²) in [4.78, 5) is 11.6. The highest BCUT2D eigenvalue weighted by Gasteiger charge is 2.14. The molecule has 6 nitrogen and oxygen atoms in total. The lowest BCUT2D eigenvalue weighted by atomic mass is 10.3. The predicted molar refractivity (Wildman–Crippen MR) is 55.6 cm³/mol. The van der Waals surface area contributed by atoms with Crippen LogP contribution >= 0.6 is 0 Å². The third-order valence-corrected chi connectivity index (χ3v) is 2.70. The number of nitrogens with one attached hydrogen (secondary N) is 1. The van der Waals surface area contributed by atoms with E-state index in [2.05, 4.69) is 15.3 Å². The van der Waals surface area contributed by atoms with Gasteiger partial charge in [0.1, 0.15) is 5.52 Å². The molecule has 0 aliphatic heterocycles. The summed E-state index contributed by atoms with van der Waals surface area (Å²) in [6.45, 7) is 0. The maximum atomic E-state index is 11.6. The molecule has 0 radical (unpaired) electrons. The fourth-order valence-corrected chi connectivity index (χ4v) is 2.00. The van der Waals surface area contributed by atoms with Gasteiger partial charge in [-0.05, 0) is 0 Å². The Balaban J connectivity index is 2.77. The second-order valence-electron chi connectivity index (χ2n) is 3.52. The van der Waals surface area contributed by atoms with Crippen molar-refractivity contribution in [3.8, 4) is 0 Å². The molecule has 0 saturated heterocycles. The summed E-state index contributed by atoms with van der Waals surface area (Å²) in [5.74, 6) is 0. The summed E-state index contributed by atoms with van der Waals surface area (Å²) in [6, 6.07) is 0. The third kappa shape index (κ3) is 0.855. The highest BCUT2D eigenvalue weighted by Crippen LogP contribution is 2.23. The van der Waals surface area contributed by atoms with Gasteiger partial charge >= 0.3 is 0 Å². The average Bonchev–Trinajstić information content (AvgIpc) is 2.70. The number of aromatic nitrogens is 5. The van der Waals surface area contributed by atoms with Gasteiger partial charge in [0.2, 0.25) is 0 Å².